The van der Waals surface area contributed by atoms with E-state index < -0.39 is 0 Å². The van der Waals surface area contributed by atoms with Gasteiger partial charge in [0.1, 0.15) is 0 Å². The first kappa shape index (κ1) is 10.5. The first-order chi connectivity index (χ1) is 6.13. The van der Waals surface area contributed by atoms with Crippen LogP contribution >= 0.6 is 0 Å². The molecule has 1 N–H and O–H groups in total. The van der Waals surface area contributed by atoms with Gasteiger partial charge in [0.2, 0.25) is 0 Å². The third-order valence-electron chi connectivity index (χ3n) is 2.99. The van der Waals surface area contributed by atoms with Crippen molar-refractivity contribution < 1.29 is 4.74 Å². The maximum atomic E-state index is 7.56. The van der Waals surface area contributed by atoms with Gasteiger partial charge in [-0.3, -0.25) is 0 Å². The zero-order valence-electron chi connectivity index (χ0n) is 8.81. The number of allylic oxidation sites excluding steroid dienone is 2. The summed E-state index contributed by atoms with van der Waals surface area (Å²) in [5.74, 6) is 0.647. The highest BCUT2D eigenvalue weighted by Crippen LogP contribution is 2.25. The molecule has 2 heteroatoms. The van der Waals surface area contributed by atoms with E-state index >= 15 is 0 Å². The van der Waals surface area contributed by atoms with E-state index in [0.29, 0.717) is 11.6 Å². The summed E-state index contributed by atoms with van der Waals surface area (Å²) in [4.78, 5) is 0. The zero-order chi connectivity index (χ0) is 9.84. The van der Waals surface area contributed by atoms with Gasteiger partial charge < -0.3 is 10.1 Å². The van der Waals surface area contributed by atoms with Crippen LogP contribution in [0, 0.1) is 11.3 Å². The second-order valence-corrected chi connectivity index (χ2v) is 3.82. The Balaban J connectivity index is 2.68. The van der Waals surface area contributed by atoms with Gasteiger partial charge in [0.25, 0.3) is 0 Å². The smallest absolute Gasteiger partial charge is 0.0471 e. The van der Waals surface area contributed by atoms with Crippen molar-refractivity contribution in [3.8, 4) is 0 Å². The Bertz CT molecular complexity index is 224. The number of rotatable bonds is 2. The van der Waals surface area contributed by atoms with Gasteiger partial charge in [-0.15, -0.1) is 0 Å². The Hall–Kier alpha value is -0.630. The molecule has 0 aromatic heterocycles. The maximum Gasteiger partial charge on any atom is 0.0471 e. The van der Waals surface area contributed by atoms with Crippen LogP contribution in [0.2, 0.25) is 0 Å². The zero-order valence-corrected chi connectivity index (χ0v) is 8.81. The Morgan fingerprint density at radius 2 is 1.69 bits per heavy atom. The number of hydrogen-bond acceptors (Lipinski definition) is 2. The molecule has 1 aliphatic heterocycles. The lowest BCUT2D eigenvalue weighted by Crippen LogP contribution is -2.18. The van der Waals surface area contributed by atoms with Crippen molar-refractivity contribution in [2.45, 2.75) is 33.6 Å². The van der Waals surface area contributed by atoms with E-state index in [4.69, 9.17) is 10.1 Å². The third kappa shape index (κ3) is 2.66. The molecule has 0 saturated carbocycles. The van der Waals surface area contributed by atoms with E-state index in [1.54, 1.807) is 0 Å². The summed E-state index contributed by atoms with van der Waals surface area (Å²) in [5, 5.41) is 7.56. The molecule has 1 rings (SSSR count). The fourth-order valence-corrected chi connectivity index (χ4v) is 1.73. The van der Waals surface area contributed by atoms with Crippen molar-refractivity contribution in [3.63, 3.8) is 0 Å². The van der Waals surface area contributed by atoms with Crippen molar-refractivity contribution in [1.82, 2.24) is 0 Å². The normalized spacial score (nSPS) is 21.2. The first-order valence-corrected chi connectivity index (χ1v) is 4.93. The molecule has 0 amide bonds. The quantitative estimate of drug-likeness (QED) is 0.653. The lowest BCUT2D eigenvalue weighted by molar-refractivity contribution is 0.0756. The van der Waals surface area contributed by atoms with Gasteiger partial charge in [-0.25, -0.2) is 0 Å². The van der Waals surface area contributed by atoms with E-state index in [1.165, 1.54) is 5.57 Å². The highest BCUT2D eigenvalue weighted by Gasteiger charge is 2.17. The summed E-state index contributed by atoms with van der Waals surface area (Å²) in [6, 6.07) is 0. The van der Waals surface area contributed by atoms with Crippen molar-refractivity contribution in [1.29, 1.82) is 5.41 Å². The van der Waals surface area contributed by atoms with Crippen LogP contribution in [0.5, 0.6) is 0 Å². The second kappa shape index (κ2) is 4.56. The van der Waals surface area contributed by atoms with E-state index in [1.807, 2.05) is 13.8 Å². The molecule has 0 aromatic carbocycles. The summed E-state index contributed by atoms with van der Waals surface area (Å²) in [5.41, 5.74) is 3.24. The number of ether oxygens (including phenoxy) is 1. The van der Waals surface area contributed by atoms with E-state index in [0.717, 1.165) is 31.6 Å². The van der Waals surface area contributed by atoms with Gasteiger partial charge in [-0.05, 0) is 45.1 Å². The predicted molar refractivity (Wildman–Crippen MR) is 55.3 cm³/mol. The van der Waals surface area contributed by atoms with E-state index in [-0.39, 0.29) is 0 Å². The highest BCUT2D eigenvalue weighted by atomic mass is 16.5. The van der Waals surface area contributed by atoms with Gasteiger partial charge in [-0.1, -0.05) is 5.57 Å². The van der Waals surface area contributed by atoms with Crippen LogP contribution in [-0.2, 0) is 4.74 Å². The first-order valence-electron chi connectivity index (χ1n) is 4.93. The fourth-order valence-electron chi connectivity index (χ4n) is 1.73. The largest absolute Gasteiger partial charge is 0.381 e. The fraction of sp³-hybridized carbons (Fsp3) is 0.727. The lowest BCUT2D eigenvalue weighted by Gasteiger charge is -2.24. The Labute approximate surface area is 80.5 Å². The lowest BCUT2D eigenvalue weighted by atomic mass is 9.88. The molecule has 1 fully saturated rings. The molecule has 0 aliphatic carbocycles. The number of hydrogen-bond donors (Lipinski definition) is 1. The average Bonchev–Trinajstić information content (AvgIpc) is 2.17. The van der Waals surface area contributed by atoms with Crippen LogP contribution in [0.1, 0.15) is 33.6 Å². The van der Waals surface area contributed by atoms with Crippen molar-refractivity contribution in [2.75, 3.05) is 13.2 Å². The topological polar surface area (TPSA) is 33.1 Å². The molecule has 0 radical (unpaired) electrons. The molecule has 0 atom stereocenters. The summed E-state index contributed by atoms with van der Waals surface area (Å²) in [6.45, 7) is 7.83. The third-order valence-corrected chi connectivity index (χ3v) is 2.99. The van der Waals surface area contributed by atoms with Gasteiger partial charge in [0.05, 0.1) is 0 Å². The van der Waals surface area contributed by atoms with Crippen LogP contribution in [-0.4, -0.2) is 18.9 Å². The van der Waals surface area contributed by atoms with Gasteiger partial charge in [0.15, 0.2) is 0 Å². The highest BCUT2D eigenvalue weighted by molar-refractivity contribution is 5.95. The van der Waals surface area contributed by atoms with Crippen molar-refractivity contribution in [3.05, 3.63) is 11.1 Å². The van der Waals surface area contributed by atoms with Crippen LogP contribution in [0.3, 0.4) is 0 Å². The summed E-state index contributed by atoms with van der Waals surface area (Å²) in [6.07, 6.45) is 2.24. The maximum absolute atomic E-state index is 7.56. The average molecular weight is 181 g/mol. The second-order valence-electron chi connectivity index (χ2n) is 3.82. The van der Waals surface area contributed by atoms with Gasteiger partial charge in [0, 0.05) is 18.9 Å². The molecular weight excluding hydrogens is 162 g/mol. The summed E-state index contributed by atoms with van der Waals surface area (Å²) >= 11 is 0. The minimum atomic E-state index is 0.647. The van der Waals surface area contributed by atoms with Crippen LogP contribution in [0.15, 0.2) is 11.1 Å². The molecular formula is C11H19NO. The molecule has 1 heterocycles. The van der Waals surface area contributed by atoms with Gasteiger partial charge in [-0.2, -0.15) is 0 Å². The number of nitrogens with one attached hydrogen (secondary N) is 1. The molecule has 0 spiro atoms. The predicted octanol–water partition coefficient (Wildman–Crippen LogP) is 2.79. The van der Waals surface area contributed by atoms with E-state index in [2.05, 4.69) is 6.92 Å². The molecule has 74 valence electrons. The summed E-state index contributed by atoms with van der Waals surface area (Å²) in [7, 11) is 0. The molecule has 2 nitrogen and oxygen atoms in total. The summed E-state index contributed by atoms with van der Waals surface area (Å²) < 4.78 is 5.31. The minimum absolute atomic E-state index is 0.647. The standard InChI is InChI=1S/C11H19NO/c1-8(10(3)12)9(2)11-4-6-13-7-5-11/h11-12H,4-7H2,1-3H3/b9-8+,12-10?. The Kier molecular flexibility index (Phi) is 3.67. The van der Waals surface area contributed by atoms with Crippen molar-refractivity contribution in [2.24, 2.45) is 5.92 Å². The molecule has 0 bridgehead atoms. The Morgan fingerprint density at radius 1 is 1.15 bits per heavy atom. The molecule has 1 aliphatic rings. The van der Waals surface area contributed by atoms with Crippen molar-refractivity contribution >= 4 is 5.71 Å². The van der Waals surface area contributed by atoms with Crippen LogP contribution in [0.4, 0.5) is 0 Å². The molecule has 0 unspecified atom stereocenters. The Morgan fingerprint density at radius 3 is 2.15 bits per heavy atom. The van der Waals surface area contributed by atoms with Crippen LogP contribution < -0.4 is 0 Å². The molecule has 1 saturated heterocycles. The monoisotopic (exact) mass is 181 g/mol. The molecule has 13 heavy (non-hydrogen) atoms. The minimum Gasteiger partial charge on any atom is -0.381 e. The van der Waals surface area contributed by atoms with Crippen LogP contribution in [0.25, 0.3) is 0 Å². The van der Waals surface area contributed by atoms with E-state index in [9.17, 15) is 0 Å². The SMILES string of the molecule is CC(=N)/C(C)=C(\C)C1CCOCC1. The molecule has 0 aromatic rings. The van der Waals surface area contributed by atoms with Gasteiger partial charge >= 0.3 is 0 Å².